The Hall–Kier alpha value is -3.65. The summed E-state index contributed by atoms with van der Waals surface area (Å²) in [7, 11) is -1.99. The number of aryl methyl sites for hydroxylation is 2. The van der Waals surface area contributed by atoms with Gasteiger partial charge in [-0.1, -0.05) is 66.7 Å². The topological polar surface area (TPSA) is 86.8 Å². The van der Waals surface area contributed by atoms with Gasteiger partial charge in [-0.15, -0.1) is 0 Å². The molecule has 1 N–H and O–H groups in total. The highest BCUT2D eigenvalue weighted by Gasteiger charge is 2.30. The van der Waals surface area contributed by atoms with E-state index in [4.69, 9.17) is 0 Å². The minimum absolute atomic E-state index is 0.102. The zero-order chi connectivity index (χ0) is 28.6. The van der Waals surface area contributed by atoms with Crippen LogP contribution in [0.15, 0.2) is 72.8 Å². The van der Waals surface area contributed by atoms with Crippen molar-refractivity contribution in [2.75, 3.05) is 24.2 Å². The first-order valence-corrected chi connectivity index (χ1v) is 15.0. The molecule has 3 aromatic carbocycles. The highest BCUT2D eigenvalue weighted by Crippen LogP contribution is 2.26. The second-order valence-electron chi connectivity index (χ2n) is 9.93. The molecule has 39 heavy (non-hydrogen) atoms. The monoisotopic (exact) mass is 549 g/mol. The van der Waals surface area contributed by atoms with E-state index < -0.39 is 16.1 Å². The minimum Gasteiger partial charge on any atom is -0.357 e. The lowest BCUT2D eigenvalue weighted by atomic mass is 10.0. The quantitative estimate of drug-likeness (QED) is 0.359. The summed E-state index contributed by atoms with van der Waals surface area (Å²) in [5, 5.41) is 2.73. The van der Waals surface area contributed by atoms with E-state index in [1.54, 1.807) is 18.0 Å². The van der Waals surface area contributed by atoms with E-state index in [1.165, 1.54) is 10.6 Å². The molecule has 0 radical (unpaired) electrons. The van der Waals surface area contributed by atoms with Gasteiger partial charge in [-0.3, -0.25) is 13.9 Å². The zero-order valence-corrected chi connectivity index (χ0v) is 24.3. The number of carbonyl (C=O) groups excluding carboxylic acids is 2. The maximum absolute atomic E-state index is 13.8. The fourth-order valence-electron chi connectivity index (χ4n) is 4.68. The van der Waals surface area contributed by atoms with Crippen molar-refractivity contribution in [2.45, 2.75) is 52.6 Å². The van der Waals surface area contributed by atoms with Crippen molar-refractivity contribution < 1.29 is 18.0 Å². The summed E-state index contributed by atoms with van der Waals surface area (Å²) < 4.78 is 26.8. The van der Waals surface area contributed by atoms with E-state index >= 15 is 0 Å². The van der Waals surface area contributed by atoms with Gasteiger partial charge in [0.05, 0.1) is 11.9 Å². The summed E-state index contributed by atoms with van der Waals surface area (Å²) in [5.41, 5.74) is 5.44. The maximum Gasteiger partial charge on any atom is 0.242 e. The number of nitrogens with zero attached hydrogens (tertiary/aromatic N) is 2. The third-order valence-corrected chi connectivity index (χ3v) is 8.30. The lowest BCUT2D eigenvalue weighted by Crippen LogP contribution is -2.50. The Balaban J connectivity index is 1.87. The molecule has 1 atom stereocenters. The smallest absolute Gasteiger partial charge is 0.242 e. The molecule has 2 amide bonds. The summed E-state index contributed by atoms with van der Waals surface area (Å²) in [4.78, 5) is 28.5. The maximum atomic E-state index is 13.8. The van der Waals surface area contributed by atoms with Crippen molar-refractivity contribution in [1.29, 1.82) is 0 Å². The predicted molar refractivity (Wildman–Crippen MR) is 157 cm³/mol. The molecule has 0 saturated carbocycles. The number of hydrogen-bond acceptors (Lipinski definition) is 4. The van der Waals surface area contributed by atoms with E-state index in [1.807, 2.05) is 87.5 Å². The molecule has 0 fully saturated rings. The van der Waals surface area contributed by atoms with Gasteiger partial charge in [-0.25, -0.2) is 8.42 Å². The molecule has 3 rings (SSSR count). The van der Waals surface area contributed by atoms with Crippen molar-refractivity contribution in [3.8, 4) is 0 Å². The molecular formula is C31H39N3O4S. The number of sulfonamides is 1. The van der Waals surface area contributed by atoms with Crippen LogP contribution in [0, 0.1) is 20.8 Å². The molecule has 7 nitrogen and oxygen atoms in total. The fourth-order valence-corrected chi connectivity index (χ4v) is 5.70. The van der Waals surface area contributed by atoms with Crippen molar-refractivity contribution in [3.63, 3.8) is 0 Å². The van der Waals surface area contributed by atoms with Crippen LogP contribution in [0.2, 0.25) is 0 Å². The SMILES string of the molecule is CNC(=O)[C@H](Cc1ccccc1)N(Cc1ccccc1C)C(=O)CCCN(c1cccc(C)c1C)S(C)(=O)=O. The molecular weight excluding hydrogens is 510 g/mol. The minimum atomic E-state index is -3.56. The number of carbonyl (C=O) groups is 2. The Labute approximate surface area is 232 Å². The Morgan fingerprint density at radius 3 is 2.15 bits per heavy atom. The summed E-state index contributed by atoms with van der Waals surface area (Å²) in [6.07, 6.45) is 1.97. The van der Waals surface area contributed by atoms with Crippen molar-refractivity contribution in [2.24, 2.45) is 0 Å². The molecule has 0 aliphatic rings. The first kappa shape index (κ1) is 29.9. The molecule has 0 aliphatic carbocycles. The number of anilines is 1. The van der Waals surface area contributed by atoms with Gasteiger partial charge >= 0.3 is 0 Å². The lowest BCUT2D eigenvalue weighted by molar-refractivity contribution is -0.141. The van der Waals surface area contributed by atoms with E-state index in [9.17, 15) is 18.0 Å². The molecule has 0 aliphatic heterocycles. The van der Waals surface area contributed by atoms with Gasteiger partial charge in [0, 0.05) is 33.0 Å². The second kappa shape index (κ2) is 13.4. The standard InChI is InChI=1S/C31H39N3O4S/c1-23-14-11-18-28(25(23)3)34(39(5,37)38)20-12-19-30(35)33(22-27-17-10-9-13-24(27)2)29(31(36)32-4)21-26-15-7-6-8-16-26/h6-11,13-18,29H,12,19-22H2,1-5H3,(H,32,36)/t29-/m0/s1. The average Bonchev–Trinajstić information content (AvgIpc) is 2.91. The number of rotatable bonds is 12. The predicted octanol–water partition coefficient (Wildman–Crippen LogP) is 4.54. The summed E-state index contributed by atoms with van der Waals surface area (Å²) in [6, 6.07) is 22.3. The van der Waals surface area contributed by atoms with E-state index in [-0.39, 0.29) is 31.3 Å². The third-order valence-electron chi connectivity index (χ3n) is 7.12. The van der Waals surface area contributed by atoms with Gasteiger partial charge in [-0.05, 0) is 61.1 Å². The number of likely N-dealkylation sites (N-methyl/N-ethyl adjacent to an activating group) is 1. The zero-order valence-electron chi connectivity index (χ0n) is 23.5. The molecule has 3 aromatic rings. The molecule has 208 valence electrons. The van der Waals surface area contributed by atoms with Crippen molar-refractivity contribution in [3.05, 3.63) is 101 Å². The second-order valence-corrected chi connectivity index (χ2v) is 11.8. The van der Waals surface area contributed by atoms with E-state index in [0.717, 1.165) is 27.8 Å². The van der Waals surface area contributed by atoms with Crippen molar-refractivity contribution in [1.82, 2.24) is 10.2 Å². The van der Waals surface area contributed by atoms with E-state index in [2.05, 4.69) is 5.32 Å². The highest BCUT2D eigenvalue weighted by molar-refractivity contribution is 7.92. The van der Waals surface area contributed by atoms with Crippen LogP contribution in [-0.2, 0) is 32.6 Å². The Morgan fingerprint density at radius 2 is 1.51 bits per heavy atom. The molecule has 8 heteroatoms. The van der Waals surface area contributed by atoms with Gasteiger partial charge in [0.2, 0.25) is 21.8 Å². The van der Waals surface area contributed by atoms with Gasteiger partial charge in [0.25, 0.3) is 0 Å². The molecule has 0 spiro atoms. The van der Waals surface area contributed by atoms with Gasteiger partial charge in [-0.2, -0.15) is 0 Å². The Bertz CT molecular complexity index is 1390. The molecule has 0 aromatic heterocycles. The van der Waals surface area contributed by atoms with Gasteiger partial charge < -0.3 is 10.2 Å². The largest absolute Gasteiger partial charge is 0.357 e. The number of benzene rings is 3. The number of hydrogen-bond donors (Lipinski definition) is 1. The van der Waals surface area contributed by atoms with Crippen LogP contribution >= 0.6 is 0 Å². The Morgan fingerprint density at radius 1 is 0.872 bits per heavy atom. The number of nitrogens with one attached hydrogen (secondary N) is 1. The van der Waals surface area contributed by atoms with Crippen LogP contribution in [0.5, 0.6) is 0 Å². The number of amides is 2. The van der Waals surface area contributed by atoms with Crippen LogP contribution in [0.1, 0.15) is 40.7 Å². The van der Waals surface area contributed by atoms with E-state index in [0.29, 0.717) is 18.5 Å². The summed E-state index contributed by atoms with van der Waals surface area (Å²) >= 11 is 0. The van der Waals surface area contributed by atoms with Crippen LogP contribution in [-0.4, -0.2) is 51.0 Å². The van der Waals surface area contributed by atoms with Crippen LogP contribution < -0.4 is 9.62 Å². The molecule has 0 heterocycles. The van der Waals surface area contributed by atoms with Gasteiger partial charge in [0.15, 0.2) is 0 Å². The molecule has 0 bridgehead atoms. The van der Waals surface area contributed by atoms with Crippen LogP contribution in [0.25, 0.3) is 0 Å². The molecule has 0 saturated heterocycles. The lowest BCUT2D eigenvalue weighted by Gasteiger charge is -2.32. The van der Waals surface area contributed by atoms with Gasteiger partial charge in [0.1, 0.15) is 6.04 Å². The first-order valence-electron chi connectivity index (χ1n) is 13.2. The summed E-state index contributed by atoms with van der Waals surface area (Å²) in [5.74, 6) is -0.439. The Kier molecular flexibility index (Phi) is 10.3. The van der Waals surface area contributed by atoms with Crippen LogP contribution in [0.4, 0.5) is 5.69 Å². The van der Waals surface area contributed by atoms with Crippen LogP contribution in [0.3, 0.4) is 0 Å². The molecule has 0 unspecified atom stereocenters. The van der Waals surface area contributed by atoms with Crippen molar-refractivity contribution >= 4 is 27.5 Å². The summed E-state index contributed by atoms with van der Waals surface area (Å²) in [6.45, 7) is 6.27. The fraction of sp³-hybridized carbons (Fsp3) is 0.355. The average molecular weight is 550 g/mol. The highest BCUT2D eigenvalue weighted by atomic mass is 32.2. The normalized spacial score (nSPS) is 12.0. The first-order chi connectivity index (χ1) is 18.5. The third kappa shape index (κ3) is 7.93.